The number of anilines is 1. The van der Waals surface area contributed by atoms with Crippen LogP contribution in [0.15, 0.2) is 41.1 Å². The monoisotopic (exact) mass is 393 g/mol. The molecule has 0 saturated carbocycles. The molecule has 10 heteroatoms. The second kappa shape index (κ2) is 6.84. The number of para-hydroxylation sites is 2. The van der Waals surface area contributed by atoms with E-state index >= 15 is 0 Å². The van der Waals surface area contributed by atoms with Crippen LogP contribution in [-0.4, -0.2) is 50.9 Å². The Balaban J connectivity index is 1.50. The molecular weight excluding hydrogens is 375 g/mol. The van der Waals surface area contributed by atoms with Crippen LogP contribution in [0.5, 0.6) is 0 Å². The van der Waals surface area contributed by atoms with Crippen LogP contribution >= 0.6 is 0 Å². The van der Waals surface area contributed by atoms with E-state index in [-0.39, 0.29) is 19.1 Å². The van der Waals surface area contributed by atoms with Crippen molar-refractivity contribution in [2.45, 2.75) is 25.7 Å². The lowest BCUT2D eigenvalue weighted by Gasteiger charge is -2.20. The lowest BCUT2D eigenvalue weighted by Crippen LogP contribution is -2.37. The molecule has 0 unspecified atom stereocenters. The van der Waals surface area contributed by atoms with E-state index in [1.165, 1.54) is 9.58 Å². The Morgan fingerprint density at radius 1 is 1.32 bits per heavy atom. The number of carbonyl (C=O) groups is 1. The maximum Gasteiger partial charge on any atom is 0.395 e. The Morgan fingerprint density at radius 3 is 2.79 bits per heavy atom. The number of halogens is 3. The number of nitrogens with one attached hydrogen (secondary N) is 1. The fourth-order valence-corrected chi connectivity index (χ4v) is 3.37. The highest BCUT2D eigenvalue weighted by Gasteiger charge is 2.51. The van der Waals surface area contributed by atoms with Gasteiger partial charge in [0.05, 0.1) is 18.2 Å². The normalized spacial score (nSPS) is 20.1. The van der Waals surface area contributed by atoms with E-state index in [2.05, 4.69) is 15.4 Å². The van der Waals surface area contributed by atoms with E-state index in [1.807, 2.05) is 6.92 Å². The van der Waals surface area contributed by atoms with Crippen LogP contribution in [0.3, 0.4) is 0 Å². The summed E-state index contributed by atoms with van der Waals surface area (Å²) in [5, 5.41) is 6.74. The average Bonchev–Trinajstić information content (AvgIpc) is 3.32. The molecule has 7 nitrogen and oxygen atoms in total. The van der Waals surface area contributed by atoms with Gasteiger partial charge < -0.3 is 14.6 Å². The number of aromatic nitrogens is 3. The molecule has 1 aromatic carbocycles. The van der Waals surface area contributed by atoms with Crippen molar-refractivity contribution >= 4 is 23.0 Å². The van der Waals surface area contributed by atoms with Gasteiger partial charge in [0.15, 0.2) is 5.58 Å². The van der Waals surface area contributed by atoms with Gasteiger partial charge in [-0.1, -0.05) is 12.1 Å². The van der Waals surface area contributed by atoms with Crippen molar-refractivity contribution in [3.8, 4) is 0 Å². The standard InChI is InChI=1S/C18H18F3N5O2/c1-11-6-22-26(7-11)10-16(27)25-8-12(18(19,20)21)14(9-25)24-17-23-13-4-2-3-5-15(13)28-17/h2-7,12,14H,8-10H2,1H3,(H,23,24)/t12-,14-/m1/s1. The quantitative estimate of drug-likeness (QED) is 0.738. The van der Waals surface area contributed by atoms with Gasteiger partial charge in [-0.25, -0.2) is 0 Å². The Labute approximate surface area is 158 Å². The Hall–Kier alpha value is -3.04. The minimum Gasteiger partial charge on any atom is -0.424 e. The largest absolute Gasteiger partial charge is 0.424 e. The molecular formula is C18H18F3N5O2. The minimum atomic E-state index is -4.46. The SMILES string of the molecule is Cc1cnn(CC(=O)N2C[C@@H](C(F)(F)F)[C@H](Nc3nc4ccccc4o3)C2)c1. The van der Waals surface area contributed by atoms with Gasteiger partial charge in [0.2, 0.25) is 5.91 Å². The minimum absolute atomic E-state index is 0.0115. The fraction of sp³-hybridized carbons (Fsp3) is 0.389. The molecule has 0 bridgehead atoms. The highest BCUT2D eigenvalue weighted by Crippen LogP contribution is 2.35. The summed E-state index contributed by atoms with van der Waals surface area (Å²) in [6, 6.07) is 5.88. The third-order valence-corrected chi connectivity index (χ3v) is 4.76. The number of amides is 1. The first-order valence-corrected chi connectivity index (χ1v) is 8.75. The average molecular weight is 393 g/mol. The molecule has 1 N–H and O–H groups in total. The summed E-state index contributed by atoms with van der Waals surface area (Å²) < 4.78 is 47.5. The third-order valence-electron chi connectivity index (χ3n) is 4.76. The van der Waals surface area contributed by atoms with Crippen molar-refractivity contribution in [3.05, 3.63) is 42.2 Å². The smallest absolute Gasteiger partial charge is 0.395 e. The van der Waals surface area contributed by atoms with Crippen LogP contribution in [0.25, 0.3) is 11.1 Å². The molecule has 0 aliphatic carbocycles. The second-order valence-electron chi connectivity index (χ2n) is 6.90. The lowest BCUT2D eigenvalue weighted by molar-refractivity contribution is -0.172. The van der Waals surface area contributed by atoms with Crippen LogP contribution in [0.1, 0.15) is 5.56 Å². The molecule has 1 aliphatic rings. The first-order valence-electron chi connectivity index (χ1n) is 8.75. The van der Waals surface area contributed by atoms with Crippen LogP contribution < -0.4 is 5.32 Å². The van der Waals surface area contributed by atoms with E-state index in [1.54, 1.807) is 36.7 Å². The molecule has 1 aliphatic heterocycles. The van der Waals surface area contributed by atoms with E-state index < -0.39 is 30.6 Å². The van der Waals surface area contributed by atoms with Gasteiger partial charge >= 0.3 is 6.18 Å². The zero-order chi connectivity index (χ0) is 19.9. The molecule has 1 saturated heterocycles. The summed E-state index contributed by atoms with van der Waals surface area (Å²) in [6.07, 6.45) is -1.20. The van der Waals surface area contributed by atoms with Crippen molar-refractivity contribution in [1.29, 1.82) is 0 Å². The lowest BCUT2D eigenvalue weighted by atomic mass is 10.0. The number of aryl methyl sites for hydroxylation is 1. The summed E-state index contributed by atoms with van der Waals surface area (Å²) in [5.41, 5.74) is 1.90. The molecule has 2 aromatic heterocycles. The van der Waals surface area contributed by atoms with E-state index in [0.717, 1.165) is 5.56 Å². The van der Waals surface area contributed by atoms with Crippen LogP contribution in [0.4, 0.5) is 19.2 Å². The number of carbonyl (C=O) groups excluding carboxylic acids is 1. The van der Waals surface area contributed by atoms with Gasteiger partial charge in [-0.15, -0.1) is 0 Å². The Bertz CT molecular complexity index is 963. The van der Waals surface area contributed by atoms with Crippen LogP contribution in [-0.2, 0) is 11.3 Å². The van der Waals surface area contributed by atoms with Crippen LogP contribution in [0, 0.1) is 12.8 Å². The molecule has 3 heterocycles. The molecule has 4 rings (SSSR count). The molecule has 0 radical (unpaired) electrons. The number of hydrogen-bond acceptors (Lipinski definition) is 5. The van der Waals surface area contributed by atoms with Gasteiger partial charge in [0.25, 0.3) is 6.01 Å². The van der Waals surface area contributed by atoms with Crippen molar-refractivity contribution in [3.63, 3.8) is 0 Å². The third kappa shape index (κ3) is 3.67. The zero-order valence-corrected chi connectivity index (χ0v) is 15.0. The highest BCUT2D eigenvalue weighted by molar-refractivity contribution is 5.77. The molecule has 3 aromatic rings. The number of benzene rings is 1. The van der Waals surface area contributed by atoms with Gasteiger partial charge in [0, 0.05) is 19.3 Å². The molecule has 148 valence electrons. The number of alkyl halides is 3. The first-order chi connectivity index (χ1) is 13.3. The summed E-state index contributed by atoms with van der Waals surface area (Å²) in [5.74, 6) is -2.13. The van der Waals surface area contributed by atoms with Crippen molar-refractivity contribution in [2.24, 2.45) is 5.92 Å². The first kappa shape index (κ1) is 18.3. The molecule has 0 spiro atoms. The topological polar surface area (TPSA) is 76.2 Å². The second-order valence-corrected chi connectivity index (χ2v) is 6.90. The van der Waals surface area contributed by atoms with Crippen molar-refractivity contribution in [2.75, 3.05) is 18.4 Å². The number of hydrogen-bond donors (Lipinski definition) is 1. The van der Waals surface area contributed by atoms with Gasteiger partial charge in [0.1, 0.15) is 12.1 Å². The maximum atomic E-state index is 13.5. The predicted molar refractivity (Wildman–Crippen MR) is 94.5 cm³/mol. The molecule has 1 fully saturated rings. The number of oxazole rings is 1. The van der Waals surface area contributed by atoms with E-state index in [4.69, 9.17) is 4.42 Å². The zero-order valence-electron chi connectivity index (χ0n) is 15.0. The predicted octanol–water partition coefficient (Wildman–Crippen LogP) is 2.83. The van der Waals surface area contributed by atoms with Gasteiger partial charge in [-0.05, 0) is 24.6 Å². The van der Waals surface area contributed by atoms with Gasteiger partial charge in [-0.2, -0.15) is 23.3 Å². The number of nitrogens with zero attached hydrogens (tertiary/aromatic N) is 4. The van der Waals surface area contributed by atoms with Gasteiger partial charge in [-0.3, -0.25) is 9.48 Å². The fourth-order valence-electron chi connectivity index (χ4n) is 3.37. The van der Waals surface area contributed by atoms with E-state index in [9.17, 15) is 18.0 Å². The number of fused-ring (bicyclic) bond motifs is 1. The summed E-state index contributed by atoms with van der Waals surface area (Å²) in [4.78, 5) is 17.8. The number of rotatable bonds is 4. The van der Waals surface area contributed by atoms with Crippen molar-refractivity contribution in [1.82, 2.24) is 19.7 Å². The summed E-state index contributed by atoms with van der Waals surface area (Å²) in [7, 11) is 0. The highest BCUT2D eigenvalue weighted by atomic mass is 19.4. The van der Waals surface area contributed by atoms with Crippen molar-refractivity contribution < 1.29 is 22.4 Å². The Kier molecular flexibility index (Phi) is 4.48. The molecule has 1 amide bonds. The van der Waals surface area contributed by atoms with Crippen LogP contribution in [0.2, 0.25) is 0 Å². The summed E-state index contributed by atoms with van der Waals surface area (Å²) in [6.45, 7) is 1.21. The number of likely N-dealkylation sites (tertiary alicyclic amines) is 1. The molecule has 28 heavy (non-hydrogen) atoms. The summed E-state index contributed by atoms with van der Waals surface area (Å²) >= 11 is 0. The maximum absolute atomic E-state index is 13.5. The Morgan fingerprint density at radius 2 is 2.11 bits per heavy atom. The molecule has 2 atom stereocenters. The van der Waals surface area contributed by atoms with E-state index in [0.29, 0.717) is 11.1 Å².